The van der Waals surface area contributed by atoms with Crippen molar-refractivity contribution in [2.75, 3.05) is 13.7 Å². The predicted octanol–water partition coefficient (Wildman–Crippen LogP) is 3.32. The minimum Gasteiger partial charge on any atom is -0.496 e. The third kappa shape index (κ3) is 2.10. The molecular weight excluding hydrogens is 346 g/mol. The molecule has 3 aromatic rings. The van der Waals surface area contributed by atoms with Crippen molar-refractivity contribution < 1.29 is 9.47 Å². The van der Waals surface area contributed by atoms with Crippen LogP contribution in [-0.4, -0.2) is 28.3 Å². The van der Waals surface area contributed by atoms with Crippen molar-refractivity contribution in [1.82, 2.24) is 14.5 Å². The number of hydrogen-bond acceptors (Lipinski definition) is 4. The van der Waals surface area contributed by atoms with Gasteiger partial charge < -0.3 is 14.0 Å². The Kier molecular flexibility index (Phi) is 3.35. The molecule has 22 heavy (non-hydrogen) atoms. The van der Waals surface area contributed by atoms with E-state index in [1.165, 1.54) is 0 Å². The second-order valence-corrected chi connectivity index (χ2v) is 5.96. The number of halogens is 1. The average Bonchev–Trinajstić information content (AvgIpc) is 2.92. The van der Waals surface area contributed by atoms with Crippen LogP contribution in [0.3, 0.4) is 0 Å². The molecule has 0 saturated carbocycles. The van der Waals surface area contributed by atoms with E-state index in [4.69, 9.17) is 9.47 Å². The zero-order chi connectivity index (χ0) is 15.1. The van der Waals surface area contributed by atoms with Crippen molar-refractivity contribution in [1.29, 1.82) is 0 Å². The molecule has 0 N–H and O–H groups in total. The van der Waals surface area contributed by atoms with Crippen molar-refractivity contribution in [2.45, 2.75) is 12.6 Å². The molecule has 112 valence electrons. The molecule has 1 aliphatic heterocycles. The topological polar surface area (TPSA) is 49.2 Å². The number of para-hydroxylation sites is 1. The van der Waals surface area contributed by atoms with Crippen molar-refractivity contribution in [3.05, 3.63) is 52.4 Å². The second kappa shape index (κ2) is 5.37. The van der Waals surface area contributed by atoms with Gasteiger partial charge in [0.05, 0.1) is 19.8 Å². The molecule has 1 unspecified atom stereocenters. The van der Waals surface area contributed by atoms with E-state index in [1.54, 1.807) is 7.11 Å². The molecule has 0 aliphatic carbocycles. The molecule has 0 bridgehead atoms. The van der Waals surface area contributed by atoms with E-state index < -0.39 is 0 Å². The summed E-state index contributed by atoms with van der Waals surface area (Å²) in [6.45, 7) is 1.08. The Hall–Kier alpha value is -1.92. The number of fused-ring (bicyclic) bond motifs is 3. The van der Waals surface area contributed by atoms with Crippen LogP contribution in [0.2, 0.25) is 0 Å². The van der Waals surface area contributed by atoms with Crippen LogP contribution < -0.4 is 4.74 Å². The zero-order valence-corrected chi connectivity index (χ0v) is 13.6. The van der Waals surface area contributed by atoms with Gasteiger partial charge in [-0.2, -0.15) is 0 Å². The lowest BCUT2D eigenvalue weighted by Gasteiger charge is -2.27. The summed E-state index contributed by atoms with van der Waals surface area (Å²) in [5.41, 5.74) is 2.82. The van der Waals surface area contributed by atoms with Gasteiger partial charge in [-0.1, -0.05) is 18.2 Å². The Labute approximate surface area is 136 Å². The summed E-state index contributed by atoms with van der Waals surface area (Å²) in [4.78, 5) is 9.24. The Balaban J connectivity index is 1.95. The first-order valence-electron chi connectivity index (χ1n) is 7.02. The third-order valence-corrected chi connectivity index (χ3v) is 4.33. The molecular formula is C16H14BrN3O2. The third-order valence-electron chi connectivity index (χ3n) is 3.89. The molecule has 6 heteroatoms. The van der Waals surface area contributed by atoms with E-state index in [9.17, 15) is 0 Å². The van der Waals surface area contributed by atoms with Crippen LogP contribution in [0.5, 0.6) is 5.75 Å². The first-order chi connectivity index (χ1) is 10.8. The minimum absolute atomic E-state index is 0.00620. The summed E-state index contributed by atoms with van der Waals surface area (Å²) in [6, 6.07) is 11.9. The first-order valence-corrected chi connectivity index (χ1v) is 7.81. The van der Waals surface area contributed by atoms with Gasteiger partial charge in [0.15, 0.2) is 5.65 Å². The molecule has 0 spiro atoms. The van der Waals surface area contributed by atoms with Crippen molar-refractivity contribution >= 4 is 27.1 Å². The number of ether oxygens (including phenoxy) is 2. The van der Waals surface area contributed by atoms with Gasteiger partial charge in [-0.25, -0.2) is 9.97 Å². The van der Waals surface area contributed by atoms with Gasteiger partial charge in [-0.15, -0.1) is 0 Å². The fraction of sp³-hybridized carbons (Fsp3) is 0.250. The van der Waals surface area contributed by atoms with Crippen LogP contribution in [0.1, 0.15) is 17.4 Å². The largest absolute Gasteiger partial charge is 0.496 e. The summed E-state index contributed by atoms with van der Waals surface area (Å²) in [5.74, 6) is 1.74. The molecule has 4 rings (SSSR count). The first kappa shape index (κ1) is 13.7. The lowest BCUT2D eigenvalue weighted by atomic mass is 10.1. The van der Waals surface area contributed by atoms with Gasteiger partial charge in [0.1, 0.15) is 28.3 Å². The molecule has 0 radical (unpaired) electrons. The standard InChI is InChI=1S/C16H14BrN3O2/c1-21-13-5-3-2-4-10(13)12-8-22-9-15-18-11-6-7-14(17)19-16(11)20(12)15/h2-7,12H,8-9H2,1H3. The van der Waals surface area contributed by atoms with Crippen molar-refractivity contribution in [2.24, 2.45) is 0 Å². The maximum absolute atomic E-state index is 5.74. The number of pyridine rings is 1. The second-order valence-electron chi connectivity index (χ2n) is 5.15. The fourth-order valence-corrected chi connectivity index (χ4v) is 3.23. The highest BCUT2D eigenvalue weighted by Crippen LogP contribution is 2.34. The summed E-state index contributed by atoms with van der Waals surface area (Å²) >= 11 is 3.44. The summed E-state index contributed by atoms with van der Waals surface area (Å²) in [5, 5.41) is 0. The van der Waals surface area contributed by atoms with Gasteiger partial charge >= 0.3 is 0 Å². The zero-order valence-electron chi connectivity index (χ0n) is 12.0. The van der Waals surface area contributed by atoms with E-state index in [0.717, 1.165) is 32.9 Å². The molecule has 1 atom stereocenters. The minimum atomic E-state index is 0.00620. The Morgan fingerprint density at radius 1 is 1.23 bits per heavy atom. The average molecular weight is 360 g/mol. The number of aromatic nitrogens is 3. The van der Waals surface area contributed by atoms with Crippen LogP contribution in [0.4, 0.5) is 0 Å². The van der Waals surface area contributed by atoms with Crippen LogP contribution in [0.25, 0.3) is 11.2 Å². The molecule has 0 amide bonds. The van der Waals surface area contributed by atoms with Crippen molar-refractivity contribution in [3.63, 3.8) is 0 Å². The lowest BCUT2D eigenvalue weighted by Crippen LogP contribution is -2.25. The normalized spacial score (nSPS) is 17.5. The summed E-state index contributed by atoms with van der Waals surface area (Å²) in [7, 11) is 1.68. The van der Waals surface area contributed by atoms with E-state index >= 15 is 0 Å². The number of benzene rings is 1. The molecule has 0 saturated heterocycles. The summed E-state index contributed by atoms with van der Waals surface area (Å²) in [6.07, 6.45) is 0. The van der Waals surface area contributed by atoms with Gasteiger partial charge in [-0.3, -0.25) is 0 Å². The van der Waals surface area contributed by atoms with Gasteiger partial charge in [0, 0.05) is 5.56 Å². The maximum Gasteiger partial charge on any atom is 0.162 e. The number of imidazole rings is 1. The molecule has 0 fully saturated rings. The molecule has 2 aromatic heterocycles. The van der Waals surface area contributed by atoms with Crippen LogP contribution in [-0.2, 0) is 11.3 Å². The van der Waals surface area contributed by atoms with E-state index in [0.29, 0.717) is 13.2 Å². The van der Waals surface area contributed by atoms with Crippen molar-refractivity contribution in [3.8, 4) is 5.75 Å². The highest BCUT2D eigenvalue weighted by atomic mass is 79.9. The van der Waals surface area contributed by atoms with Crippen LogP contribution in [0.15, 0.2) is 41.0 Å². The SMILES string of the molecule is COc1ccccc1C1COCc2nc3ccc(Br)nc3n21. The predicted molar refractivity (Wildman–Crippen MR) is 86.0 cm³/mol. The van der Waals surface area contributed by atoms with E-state index in [-0.39, 0.29) is 6.04 Å². The lowest BCUT2D eigenvalue weighted by molar-refractivity contribution is 0.0670. The summed E-state index contributed by atoms with van der Waals surface area (Å²) < 4.78 is 14.2. The number of hydrogen-bond donors (Lipinski definition) is 0. The smallest absolute Gasteiger partial charge is 0.162 e. The maximum atomic E-state index is 5.74. The Bertz CT molecular complexity index is 847. The molecule has 5 nitrogen and oxygen atoms in total. The van der Waals surface area contributed by atoms with Gasteiger partial charge in [-0.05, 0) is 34.1 Å². The number of rotatable bonds is 2. The van der Waals surface area contributed by atoms with E-state index in [1.807, 2.05) is 30.3 Å². The monoisotopic (exact) mass is 359 g/mol. The Morgan fingerprint density at radius 2 is 2.09 bits per heavy atom. The van der Waals surface area contributed by atoms with Gasteiger partial charge in [0.25, 0.3) is 0 Å². The quantitative estimate of drug-likeness (QED) is 0.658. The van der Waals surface area contributed by atoms with Gasteiger partial charge in [0.2, 0.25) is 0 Å². The number of nitrogens with zero attached hydrogens (tertiary/aromatic N) is 3. The number of methoxy groups -OCH3 is 1. The highest BCUT2D eigenvalue weighted by Gasteiger charge is 2.28. The molecule has 1 aliphatic rings. The molecule has 3 heterocycles. The Morgan fingerprint density at radius 3 is 2.95 bits per heavy atom. The van der Waals surface area contributed by atoms with Crippen LogP contribution in [0, 0.1) is 0 Å². The van der Waals surface area contributed by atoms with Crippen LogP contribution >= 0.6 is 15.9 Å². The fourth-order valence-electron chi connectivity index (χ4n) is 2.93. The highest BCUT2D eigenvalue weighted by molar-refractivity contribution is 9.10. The molecule has 1 aromatic carbocycles. The van der Waals surface area contributed by atoms with E-state index in [2.05, 4.69) is 36.5 Å².